The van der Waals surface area contributed by atoms with Gasteiger partial charge in [0.05, 0.1) is 6.42 Å². The predicted molar refractivity (Wildman–Crippen MR) is 43.5 cm³/mol. The highest BCUT2D eigenvalue weighted by Gasteiger charge is 2.39. The summed E-state index contributed by atoms with van der Waals surface area (Å²) in [7, 11) is 0. The molecule has 0 aliphatic rings. The molecule has 92 valence electrons. The second-order valence-electron chi connectivity index (χ2n) is 2.87. The molecule has 0 aromatic rings. The van der Waals surface area contributed by atoms with Crippen LogP contribution in [0.3, 0.4) is 0 Å². The van der Waals surface area contributed by atoms with E-state index < -0.39 is 42.7 Å². The van der Waals surface area contributed by atoms with Gasteiger partial charge in [-0.15, -0.1) is 0 Å². The van der Waals surface area contributed by atoms with Crippen molar-refractivity contribution >= 4 is 11.9 Å². The number of allylic oxidation sites excluding steroid dienone is 1. The molecule has 0 aliphatic heterocycles. The summed E-state index contributed by atoms with van der Waals surface area (Å²) in [5.41, 5.74) is -0.854. The van der Waals surface area contributed by atoms with Crippen LogP contribution >= 0.6 is 0 Å². The highest BCUT2D eigenvalue weighted by Crippen LogP contribution is 2.27. The van der Waals surface area contributed by atoms with Gasteiger partial charge in [0, 0.05) is 12.0 Å². The first kappa shape index (κ1) is 14.4. The van der Waals surface area contributed by atoms with E-state index in [4.69, 9.17) is 10.2 Å². The Morgan fingerprint density at radius 2 is 1.75 bits per heavy atom. The van der Waals surface area contributed by atoms with Crippen LogP contribution < -0.4 is 0 Å². The second kappa shape index (κ2) is 5.47. The molecule has 16 heavy (non-hydrogen) atoms. The second-order valence-corrected chi connectivity index (χ2v) is 2.87. The van der Waals surface area contributed by atoms with Crippen LogP contribution in [0.4, 0.5) is 17.6 Å². The summed E-state index contributed by atoms with van der Waals surface area (Å²) in [6, 6.07) is 0. The molecule has 4 nitrogen and oxygen atoms in total. The number of hydrogen-bond acceptors (Lipinski definition) is 2. The van der Waals surface area contributed by atoms with Gasteiger partial charge in [0.25, 0.3) is 0 Å². The number of carboxylic acid groups (broad SMARTS) is 2. The lowest BCUT2D eigenvalue weighted by molar-refractivity contribution is -0.140. The van der Waals surface area contributed by atoms with E-state index in [1.54, 1.807) is 0 Å². The summed E-state index contributed by atoms with van der Waals surface area (Å²) in [5.74, 6) is -7.64. The van der Waals surface area contributed by atoms with Gasteiger partial charge in [-0.05, 0) is 0 Å². The lowest BCUT2D eigenvalue weighted by Crippen LogP contribution is -2.25. The highest BCUT2D eigenvalue weighted by molar-refractivity contribution is 5.92. The van der Waals surface area contributed by atoms with Gasteiger partial charge in [-0.25, -0.2) is 13.6 Å². The summed E-state index contributed by atoms with van der Waals surface area (Å²) in [6.45, 7) is 0. The van der Waals surface area contributed by atoms with Crippen molar-refractivity contribution in [2.45, 2.75) is 25.2 Å². The molecule has 0 aliphatic carbocycles. The van der Waals surface area contributed by atoms with E-state index in [1.165, 1.54) is 0 Å². The molecule has 0 rings (SSSR count). The fourth-order valence-electron chi connectivity index (χ4n) is 0.746. The topological polar surface area (TPSA) is 74.6 Å². The molecule has 0 amide bonds. The van der Waals surface area contributed by atoms with Gasteiger partial charge in [-0.2, -0.15) is 8.78 Å². The molecule has 0 aromatic carbocycles. The first-order valence-corrected chi connectivity index (χ1v) is 3.97. The summed E-state index contributed by atoms with van der Waals surface area (Å²) < 4.78 is 48.1. The Morgan fingerprint density at radius 3 is 2.06 bits per heavy atom. The van der Waals surface area contributed by atoms with E-state index in [2.05, 4.69) is 0 Å². The van der Waals surface area contributed by atoms with Crippen LogP contribution in [-0.4, -0.2) is 34.5 Å². The third-order valence-corrected chi connectivity index (χ3v) is 1.56. The monoisotopic (exact) mass is 244 g/mol. The Labute approximate surface area is 87.2 Å². The Bertz CT molecular complexity index is 311. The summed E-state index contributed by atoms with van der Waals surface area (Å²) in [6.07, 6.45) is -6.15. The van der Waals surface area contributed by atoms with Crippen molar-refractivity contribution < 1.29 is 37.4 Å². The lowest BCUT2D eigenvalue weighted by atomic mass is 10.1. The number of halogens is 4. The van der Waals surface area contributed by atoms with E-state index in [0.29, 0.717) is 6.08 Å². The molecule has 8 heteroatoms. The van der Waals surface area contributed by atoms with Crippen molar-refractivity contribution in [1.82, 2.24) is 0 Å². The van der Waals surface area contributed by atoms with E-state index in [0.717, 1.165) is 0 Å². The highest BCUT2D eigenvalue weighted by atomic mass is 19.3. The molecule has 0 fully saturated rings. The number of carboxylic acids is 2. The Balaban J connectivity index is 4.70. The fourth-order valence-corrected chi connectivity index (χ4v) is 0.746. The first-order chi connectivity index (χ1) is 7.16. The standard InChI is InChI=1S/C8H8F4O4/c9-7(10)8(11,12)2-1-4(6(15)16)3-5(13)14/h1,7H,2-3H2,(H,13,14)(H,15,16). The van der Waals surface area contributed by atoms with Crippen LogP contribution in [0.25, 0.3) is 0 Å². The van der Waals surface area contributed by atoms with Crippen molar-refractivity contribution in [2.75, 3.05) is 0 Å². The maximum atomic E-state index is 12.4. The van der Waals surface area contributed by atoms with Crippen LogP contribution in [0.5, 0.6) is 0 Å². The first-order valence-electron chi connectivity index (χ1n) is 3.97. The number of carbonyl (C=O) groups is 2. The molecule has 0 heterocycles. The summed E-state index contributed by atoms with van der Waals surface area (Å²) >= 11 is 0. The molecule has 0 aromatic heterocycles. The molecular formula is C8H8F4O4. The number of hydrogen-bond donors (Lipinski definition) is 2. The predicted octanol–water partition coefficient (Wildman–Crippen LogP) is 1.76. The number of rotatable bonds is 6. The maximum Gasteiger partial charge on any atom is 0.331 e. The zero-order chi connectivity index (χ0) is 12.9. The molecule has 0 atom stereocenters. The summed E-state index contributed by atoms with van der Waals surface area (Å²) in [5, 5.41) is 16.6. The Hall–Kier alpha value is -1.60. The zero-order valence-electron chi connectivity index (χ0n) is 7.79. The van der Waals surface area contributed by atoms with Gasteiger partial charge >= 0.3 is 24.3 Å². The number of alkyl halides is 4. The maximum absolute atomic E-state index is 12.4. The number of aliphatic carboxylic acids is 2. The summed E-state index contributed by atoms with van der Waals surface area (Å²) in [4.78, 5) is 20.5. The van der Waals surface area contributed by atoms with Gasteiger partial charge in [-0.1, -0.05) is 6.08 Å². The minimum atomic E-state index is -4.36. The molecule has 0 bridgehead atoms. The van der Waals surface area contributed by atoms with Crippen LogP contribution in [0.2, 0.25) is 0 Å². The normalized spacial score (nSPS) is 12.9. The van der Waals surface area contributed by atoms with E-state index >= 15 is 0 Å². The Morgan fingerprint density at radius 1 is 1.25 bits per heavy atom. The molecule has 0 spiro atoms. The van der Waals surface area contributed by atoms with E-state index in [1.807, 2.05) is 0 Å². The minimum Gasteiger partial charge on any atom is -0.481 e. The van der Waals surface area contributed by atoms with Crippen molar-refractivity contribution in [3.63, 3.8) is 0 Å². The van der Waals surface area contributed by atoms with Crippen LogP contribution in [0, 0.1) is 0 Å². The largest absolute Gasteiger partial charge is 0.481 e. The lowest BCUT2D eigenvalue weighted by Gasteiger charge is -2.12. The van der Waals surface area contributed by atoms with Crippen molar-refractivity contribution in [3.8, 4) is 0 Å². The van der Waals surface area contributed by atoms with E-state index in [-0.39, 0.29) is 0 Å². The van der Waals surface area contributed by atoms with Gasteiger partial charge in [-0.3, -0.25) is 4.79 Å². The smallest absolute Gasteiger partial charge is 0.331 e. The van der Waals surface area contributed by atoms with Gasteiger partial charge in [0.2, 0.25) is 0 Å². The van der Waals surface area contributed by atoms with Gasteiger partial charge in [0.1, 0.15) is 0 Å². The minimum absolute atomic E-state index is 0.294. The SMILES string of the molecule is O=C(O)CC(=CCC(F)(F)C(F)F)C(=O)O. The van der Waals surface area contributed by atoms with Crippen LogP contribution in [-0.2, 0) is 9.59 Å². The zero-order valence-corrected chi connectivity index (χ0v) is 7.79. The average molecular weight is 244 g/mol. The molecule has 0 radical (unpaired) electrons. The third-order valence-electron chi connectivity index (χ3n) is 1.56. The van der Waals surface area contributed by atoms with Crippen LogP contribution in [0.15, 0.2) is 11.6 Å². The molecule has 2 N–H and O–H groups in total. The Kier molecular flexibility index (Phi) is 4.93. The molecule has 0 unspecified atom stereocenters. The molecule has 0 saturated carbocycles. The van der Waals surface area contributed by atoms with Gasteiger partial charge in [0.15, 0.2) is 0 Å². The average Bonchev–Trinajstić information content (AvgIpc) is 2.10. The van der Waals surface area contributed by atoms with E-state index in [9.17, 15) is 27.2 Å². The van der Waals surface area contributed by atoms with Crippen molar-refractivity contribution in [2.24, 2.45) is 0 Å². The van der Waals surface area contributed by atoms with Gasteiger partial charge < -0.3 is 10.2 Å². The molecular weight excluding hydrogens is 236 g/mol. The van der Waals surface area contributed by atoms with Crippen molar-refractivity contribution in [1.29, 1.82) is 0 Å². The van der Waals surface area contributed by atoms with Crippen LogP contribution in [0.1, 0.15) is 12.8 Å². The fraction of sp³-hybridized carbons (Fsp3) is 0.500. The van der Waals surface area contributed by atoms with Crippen molar-refractivity contribution in [3.05, 3.63) is 11.6 Å². The quantitative estimate of drug-likeness (QED) is 0.551. The molecule has 0 saturated heterocycles. The third kappa shape index (κ3) is 4.76.